The molecule has 2 aromatic rings. The van der Waals surface area contributed by atoms with Gasteiger partial charge in [-0.05, 0) is 12.1 Å². The van der Waals surface area contributed by atoms with E-state index < -0.39 is 5.82 Å². The number of ether oxygens (including phenoxy) is 1. The molecular weight excluding hydrogens is 215 g/mol. The van der Waals surface area contributed by atoms with Gasteiger partial charge in [0.2, 0.25) is 0 Å². The van der Waals surface area contributed by atoms with Crippen LogP contribution in [-0.2, 0) is 6.61 Å². The molecule has 2 N–H and O–H groups in total. The molecule has 0 aliphatic carbocycles. The molecule has 1 aromatic heterocycles. The molecule has 0 aliphatic rings. The number of aromatic nitrogens is 1. The van der Waals surface area contributed by atoms with Gasteiger partial charge < -0.3 is 10.5 Å². The van der Waals surface area contributed by atoms with Crippen molar-refractivity contribution >= 4 is 17.0 Å². The Hall–Kier alpha value is -1.62. The number of nitrogen functional groups attached to an aromatic ring is 1. The van der Waals surface area contributed by atoms with Gasteiger partial charge in [0.05, 0.1) is 16.1 Å². The third-order valence-corrected chi connectivity index (χ3v) is 2.59. The molecule has 0 aliphatic heterocycles. The summed E-state index contributed by atoms with van der Waals surface area (Å²) < 4.78 is 18.5. The van der Waals surface area contributed by atoms with E-state index in [4.69, 9.17) is 10.5 Å². The summed E-state index contributed by atoms with van der Waals surface area (Å²) in [5.41, 5.74) is 7.59. The van der Waals surface area contributed by atoms with Gasteiger partial charge in [-0.2, -0.15) is 0 Å². The van der Waals surface area contributed by atoms with Crippen LogP contribution in [0.25, 0.3) is 0 Å². The summed E-state index contributed by atoms with van der Waals surface area (Å²) in [7, 11) is 0. The number of nitrogens with zero attached hydrogens (tertiary/aromatic N) is 1. The number of halogens is 1. The Morgan fingerprint density at radius 1 is 1.47 bits per heavy atom. The molecule has 0 saturated heterocycles. The highest BCUT2D eigenvalue weighted by Crippen LogP contribution is 2.25. The topological polar surface area (TPSA) is 48.1 Å². The van der Waals surface area contributed by atoms with Crippen LogP contribution in [0.3, 0.4) is 0 Å². The normalized spacial score (nSPS) is 10.2. The Bertz CT molecular complexity index is 424. The van der Waals surface area contributed by atoms with Gasteiger partial charge in [0.1, 0.15) is 6.61 Å². The van der Waals surface area contributed by atoms with Gasteiger partial charge in [0, 0.05) is 6.20 Å². The summed E-state index contributed by atoms with van der Waals surface area (Å²) in [5, 5.41) is 0. The third-order valence-electron chi connectivity index (χ3n) is 1.84. The van der Waals surface area contributed by atoms with E-state index >= 15 is 0 Å². The van der Waals surface area contributed by atoms with Gasteiger partial charge in [-0.25, -0.2) is 4.39 Å². The number of rotatable bonds is 3. The molecule has 0 bridgehead atoms. The first kappa shape index (κ1) is 9.92. The zero-order valence-electron chi connectivity index (χ0n) is 7.81. The standard InChI is InChI=1S/C10H9FN2OS/c11-8-2-1-3-9(12)10(8)14-5-7-4-13-6-15-7/h1-4,6H,5,12H2. The molecular formula is C10H9FN2OS. The Balaban J connectivity index is 2.11. The molecule has 0 unspecified atom stereocenters. The van der Waals surface area contributed by atoms with Crippen molar-refractivity contribution in [1.29, 1.82) is 0 Å². The number of hydrogen-bond acceptors (Lipinski definition) is 4. The molecule has 78 valence electrons. The summed E-state index contributed by atoms with van der Waals surface area (Å²) in [6.07, 6.45) is 1.68. The van der Waals surface area contributed by atoms with E-state index in [2.05, 4.69) is 4.98 Å². The molecule has 1 aromatic carbocycles. The van der Waals surface area contributed by atoms with E-state index in [1.54, 1.807) is 23.8 Å². The van der Waals surface area contributed by atoms with Crippen LogP contribution in [0.4, 0.5) is 10.1 Å². The maximum atomic E-state index is 13.3. The minimum atomic E-state index is -0.445. The van der Waals surface area contributed by atoms with Gasteiger partial charge in [0.15, 0.2) is 11.6 Å². The lowest BCUT2D eigenvalue weighted by molar-refractivity contribution is 0.295. The first-order valence-electron chi connectivity index (χ1n) is 4.31. The van der Waals surface area contributed by atoms with Crippen LogP contribution in [0.2, 0.25) is 0 Å². The molecule has 0 atom stereocenters. The molecule has 2 rings (SSSR count). The second-order valence-corrected chi connectivity index (χ2v) is 3.89. The Kier molecular flexibility index (Phi) is 2.82. The first-order valence-corrected chi connectivity index (χ1v) is 5.19. The minimum absolute atomic E-state index is 0.103. The van der Waals surface area contributed by atoms with Crippen molar-refractivity contribution in [2.45, 2.75) is 6.61 Å². The summed E-state index contributed by atoms with van der Waals surface area (Å²) in [6.45, 7) is 0.287. The van der Waals surface area contributed by atoms with Crippen molar-refractivity contribution in [2.24, 2.45) is 0 Å². The van der Waals surface area contributed by atoms with Crippen LogP contribution in [0.15, 0.2) is 29.9 Å². The van der Waals surface area contributed by atoms with Gasteiger partial charge in [-0.3, -0.25) is 4.98 Å². The van der Waals surface area contributed by atoms with E-state index in [0.29, 0.717) is 5.69 Å². The number of nitrogens with two attached hydrogens (primary N) is 1. The number of para-hydroxylation sites is 1. The number of hydrogen-bond donors (Lipinski definition) is 1. The minimum Gasteiger partial charge on any atom is -0.483 e. The lowest BCUT2D eigenvalue weighted by Gasteiger charge is -2.07. The molecule has 1 heterocycles. The lowest BCUT2D eigenvalue weighted by Crippen LogP contribution is -1.99. The molecule has 3 nitrogen and oxygen atoms in total. The second kappa shape index (κ2) is 4.27. The maximum absolute atomic E-state index is 13.3. The zero-order chi connectivity index (χ0) is 10.7. The fraction of sp³-hybridized carbons (Fsp3) is 0.100. The number of thiazole rings is 1. The van der Waals surface area contributed by atoms with Crippen LogP contribution < -0.4 is 10.5 Å². The van der Waals surface area contributed by atoms with Gasteiger partial charge in [0.25, 0.3) is 0 Å². The van der Waals surface area contributed by atoms with Crippen LogP contribution >= 0.6 is 11.3 Å². The predicted octanol–water partition coefficient (Wildman–Crippen LogP) is 2.44. The van der Waals surface area contributed by atoms with Crippen molar-refractivity contribution in [3.05, 3.63) is 40.6 Å². The van der Waals surface area contributed by atoms with E-state index in [9.17, 15) is 4.39 Å². The molecule has 5 heteroatoms. The van der Waals surface area contributed by atoms with E-state index in [0.717, 1.165) is 4.88 Å². The van der Waals surface area contributed by atoms with Crippen LogP contribution in [-0.4, -0.2) is 4.98 Å². The highest BCUT2D eigenvalue weighted by atomic mass is 32.1. The Morgan fingerprint density at radius 3 is 3.00 bits per heavy atom. The van der Waals surface area contributed by atoms with Gasteiger partial charge in [-0.1, -0.05) is 6.07 Å². The average Bonchev–Trinajstić information content (AvgIpc) is 2.70. The Morgan fingerprint density at radius 2 is 2.33 bits per heavy atom. The smallest absolute Gasteiger partial charge is 0.178 e. The zero-order valence-corrected chi connectivity index (χ0v) is 8.63. The third kappa shape index (κ3) is 2.24. The van der Waals surface area contributed by atoms with Crippen molar-refractivity contribution in [3.63, 3.8) is 0 Å². The average molecular weight is 224 g/mol. The molecule has 0 amide bonds. The quantitative estimate of drug-likeness (QED) is 0.814. The largest absolute Gasteiger partial charge is 0.483 e. The molecule has 0 saturated carbocycles. The number of anilines is 1. The fourth-order valence-corrected chi connectivity index (χ4v) is 1.64. The summed E-state index contributed by atoms with van der Waals surface area (Å²) >= 11 is 1.45. The summed E-state index contributed by atoms with van der Waals surface area (Å²) in [5.74, 6) is -0.342. The van der Waals surface area contributed by atoms with Crippen LogP contribution in [0.1, 0.15) is 4.88 Å². The fourth-order valence-electron chi connectivity index (χ4n) is 1.13. The van der Waals surface area contributed by atoms with E-state index in [-0.39, 0.29) is 12.4 Å². The Labute approximate surface area is 90.3 Å². The first-order chi connectivity index (χ1) is 7.27. The van der Waals surface area contributed by atoms with E-state index in [1.807, 2.05) is 0 Å². The summed E-state index contributed by atoms with van der Waals surface area (Å²) in [6, 6.07) is 4.47. The van der Waals surface area contributed by atoms with Crippen molar-refractivity contribution < 1.29 is 9.13 Å². The highest BCUT2D eigenvalue weighted by molar-refractivity contribution is 7.09. The monoisotopic (exact) mass is 224 g/mol. The van der Waals surface area contributed by atoms with E-state index in [1.165, 1.54) is 17.4 Å². The molecule has 15 heavy (non-hydrogen) atoms. The van der Waals surface area contributed by atoms with Gasteiger partial charge in [-0.15, -0.1) is 11.3 Å². The van der Waals surface area contributed by atoms with Gasteiger partial charge >= 0.3 is 0 Å². The molecule has 0 radical (unpaired) electrons. The van der Waals surface area contributed by atoms with Crippen molar-refractivity contribution in [1.82, 2.24) is 4.98 Å². The van der Waals surface area contributed by atoms with Crippen molar-refractivity contribution in [2.75, 3.05) is 5.73 Å². The van der Waals surface area contributed by atoms with Crippen LogP contribution in [0, 0.1) is 5.82 Å². The SMILES string of the molecule is Nc1cccc(F)c1OCc1cncs1. The predicted molar refractivity (Wildman–Crippen MR) is 57.3 cm³/mol. The van der Waals surface area contributed by atoms with Crippen molar-refractivity contribution in [3.8, 4) is 5.75 Å². The molecule has 0 fully saturated rings. The summed E-state index contributed by atoms with van der Waals surface area (Å²) in [4.78, 5) is 4.82. The maximum Gasteiger partial charge on any atom is 0.178 e. The molecule has 0 spiro atoms. The second-order valence-electron chi connectivity index (χ2n) is 2.91. The van der Waals surface area contributed by atoms with Crippen LogP contribution in [0.5, 0.6) is 5.75 Å². The highest BCUT2D eigenvalue weighted by Gasteiger charge is 2.07. The lowest BCUT2D eigenvalue weighted by atomic mass is 10.3. The number of benzene rings is 1.